The third-order valence-electron chi connectivity index (χ3n) is 7.09. The molecule has 0 radical (unpaired) electrons. The fraction of sp³-hybridized carbons (Fsp3) is 0.565. The molecule has 9 heteroatoms. The molecule has 3 fully saturated rings. The van der Waals surface area contributed by atoms with Crippen molar-refractivity contribution >= 4 is 17.6 Å². The van der Waals surface area contributed by atoms with Gasteiger partial charge in [-0.15, -0.1) is 0 Å². The van der Waals surface area contributed by atoms with Crippen LogP contribution in [0.2, 0.25) is 0 Å². The van der Waals surface area contributed by atoms with Crippen LogP contribution >= 0.6 is 11.8 Å². The molecular weight excluding hydrogens is 426 g/mol. The normalized spacial score (nSPS) is 23.2. The van der Waals surface area contributed by atoms with Crippen molar-refractivity contribution in [2.24, 2.45) is 5.73 Å². The molecule has 0 amide bonds. The predicted octanol–water partition coefficient (Wildman–Crippen LogP) is 2.82. The van der Waals surface area contributed by atoms with Crippen molar-refractivity contribution in [3.63, 3.8) is 0 Å². The van der Waals surface area contributed by atoms with Crippen LogP contribution in [0.5, 0.6) is 5.75 Å². The third-order valence-corrected chi connectivity index (χ3v) is 8.31. The molecule has 6 rings (SSSR count). The van der Waals surface area contributed by atoms with Crippen LogP contribution in [0.4, 0.5) is 5.82 Å². The minimum atomic E-state index is -0.387. The zero-order valence-corrected chi connectivity index (χ0v) is 19.6. The highest BCUT2D eigenvalue weighted by atomic mass is 32.2. The van der Waals surface area contributed by atoms with E-state index < -0.39 is 0 Å². The van der Waals surface area contributed by atoms with Crippen molar-refractivity contribution in [3.05, 3.63) is 35.5 Å². The van der Waals surface area contributed by atoms with Gasteiger partial charge in [0.15, 0.2) is 24.1 Å². The van der Waals surface area contributed by atoms with Crippen LogP contribution in [0.25, 0.3) is 11.4 Å². The van der Waals surface area contributed by atoms with Gasteiger partial charge in [-0.3, -0.25) is 5.01 Å². The van der Waals surface area contributed by atoms with Crippen molar-refractivity contribution in [1.82, 2.24) is 15.0 Å². The molecule has 1 aromatic carbocycles. The van der Waals surface area contributed by atoms with Crippen molar-refractivity contribution in [2.75, 3.05) is 44.5 Å². The Kier molecular flexibility index (Phi) is 4.55. The molecule has 0 bridgehead atoms. The maximum absolute atomic E-state index is 6.41. The fourth-order valence-electron chi connectivity index (χ4n) is 4.64. The second-order valence-electron chi connectivity index (χ2n) is 9.78. The van der Waals surface area contributed by atoms with E-state index in [-0.39, 0.29) is 15.8 Å². The van der Waals surface area contributed by atoms with Gasteiger partial charge in [-0.25, -0.2) is 9.97 Å². The number of fused-ring (bicyclic) bond motifs is 4. The van der Waals surface area contributed by atoms with Gasteiger partial charge < -0.3 is 19.9 Å². The van der Waals surface area contributed by atoms with Crippen LogP contribution in [0.1, 0.15) is 37.9 Å². The minimum Gasteiger partial charge on any atom is -0.470 e. The molecule has 2 aromatic rings. The Morgan fingerprint density at radius 1 is 1.03 bits per heavy atom. The Bertz CT molecular complexity index is 1050. The Morgan fingerprint density at radius 3 is 2.41 bits per heavy atom. The number of hydrogen-bond acceptors (Lipinski definition) is 9. The molecule has 2 saturated heterocycles. The van der Waals surface area contributed by atoms with Crippen molar-refractivity contribution in [3.8, 4) is 17.1 Å². The van der Waals surface area contributed by atoms with E-state index in [0.717, 1.165) is 47.8 Å². The van der Waals surface area contributed by atoms with E-state index in [1.54, 1.807) is 11.8 Å². The van der Waals surface area contributed by atoms with Gasteiger partial charge in [0.05, 0.1) is 35.6 Å². The number of thioether (sulfide) groups is 1. The molecule has 32 heavy (non-hydrogen) atoms. The molecule has 4 aliphatic rings. The lowest BCUT2D eigenvalue weighted by atomic mass is 9.89. The topological polar surface area (TPSA) is 86.0 Å². The molecule has 0 unspecified atom stereocenters. The summed E-state index contributed by atoms with van der Waals surface area (Å²) in [5.74, 6) is 2.35. The first kappa shape index (κ1) is 20.7. The zero-order chi connectivity index (χ0) is 22.1. The van der Waals surface area contributed by atoms with Crippen LogP contribution in [-0.2, 0) is 19.8 Å². The maximum atomic E-state index is 6.41. The highest BCUT2D eigenvalue weighted by molar-refractivity contribution is 7.99. The van der Waals surface area contributed by atoms with E-state index in [1.165, 1.54) is 0 Å². The van der Waals surface area contributed by atoms with Crippen LogP contribution < -0.4 is 15.5 Å². The average Bonchev–Trinajstić information content (AvgIpc) is 3.56. The summed E-state index contributed by atoms with van der Waals surface area (Å²) in [6, 6.07) is 8.26. The van der Waals surface area contributed by atoms with E-state index >= 15 is 0 Å². The summed E-state index contributed by atoms with van der Waals surface area (Å²) in [4.78, 5) is 10.1. The zero-order valence-electron chi connectivity index (χ0n) is 18.8. The quantitative estimate of drug-likeness (QED) is 0.748. The number of hydrazine groups is 1. The molecule has 8 nitrogen and oxygen atoms in total. The van der Waals surface area contributed by atoms with Crippen LogP contribution in [-0.4, -0.2) is 60.1 Å². The molecule has 1 saturated carbocycles. The van der Waals surface area contributed by atoms with Crippen LogP contribution in [0.15, 0.2) is 24.3 Å². The first-order valence-corrected chi connectivity index (χ1v) is 12.3. The van der Waals surface area contributed by atoms with Gasteiger partial charge >= 0.3 is 0 Å². The number of rotatable bonds is 4. The van der Waals surface area contributed by atoms with E-state index in [1.807, 2.05) is 0 Å². The van der Waals surface area contributed by atoms with Crippen molar-refractivity contribution < 1.29 is 14.2 Å². The smallest absolute Gasteiger partial charge is 0.190 e. The molecular formula is C23H29N5O3S. The van der Waals surface area contributed by atoms with Crippen LogP contribution in [0.3, 0.4) is 0 Å². The molecule has 2 N–H and O–H groups in total. The summed E-state index contributed by atoms with van der Waals surface area (Å²) < 4.78 is 17.2. The Morgan fingerprint density at radius 2 is 1.78 bits per heavy atom. The van der Waals surface area contributed by atoms with Gasteiger partial charge in [-0.05, 0) is 38.5 Å². The second-order valence-corrected chi connectivity index (χ2v) is 11.2. The highest BCUT2D eigenvalue weighted by Crippen LogP contribution is 2.53. The molecule has 1 aromatic heterocycles. The SMILES string of the molecule is CSC(C)(C)c1nc(-c2ccc(C3(N)COC3)cc2)nc2c1OCN1COCC3(CC3)N21. The standard InChI is InChI=1S/C23H29N5O3S/c1-21(2,32-3)18-17-20(28-22(8-9-22)10-30-13-27(28)14-31-17)26-19(25-18)15-4-6-16(7-5-15)23(24)11-29-12-23/h4-7H,8-14,24H2,1-3H3. The lowest BCUT2D eigenvalue weighted by Gasteiger charge is -2.48. The Labute approximate surface area is 192 Å². The fourth-order valence-corrected chi connectivity index (χ4v) is 4.97. The summed E-state index contributed by atoms with van der Waals surface area (Å²) in [5.41, 5.74) is 8.99. The molecule has 1 aliphatic carbocycles. The summed E-state index contributed by atoms with van der Waals surface area (Å²) >= 11 is 1.76. The second kappa shape index (κ2) is 7.04. The molecule has 1 spiro atoms. The van der Waals surface area contributed by atoms with E-state index in [0.29, 0.717) is 32.5 Å². The third kappa shape index (κ3) is 3.06. The van der Waals surface area contributed by atoms with Crippen molar-refractivity contribution in [2.45, 2.75) is 42.5 Å². The number of nitrogens with two attached hydrogens (primary N) is 1. The lowest BCUT2D eigenvalue weighted by molar-refractivity contribution is -0.0838. The monoisotopic (exact) mass is 455 g/mol. The number of nitrogens with zero attached hydrogens (tertiary/aromatic N) is 4. The van der Waals surface area contributed by atoms with Gasteiger partial charge in [0, 0.05) is 5.56 Å². The summed E-state index contributed by atoms with van der Waals surface area (Å²) in [6.45, 7) is 7.16. The summed E-state index contributed by atoms with van der Waals surface area (Å²) in [6.07, 6.45) is 4.30. The number of benzene rings is 1. The average molecular weight is 456 g/mol. The highest BCUT2D eigenvalue weighted by Gasteiger charge is 2.56. The molecule has 170 valence electrons. The van der Waals surface area contributed by atoms with E-state index in [9.17, 15) is 0 Å². The largest absolute Gasteiger partial charge is 0.470 e. The molecule has 3 aliphatic heterocycles. The van der Waals surface area contributed by atoms with Gasteiger partial charge in [0.25, 0.3) is 0 Å². The number of anilines is 1. The number of hydrogen-bond donors (Lipinski definition) is 1. The van der Waals surface area contributed by atoms with Gasteiger partial charge in [-0.1, -0.05) is 24.3 Å². The predicted molar refractivity (Wildman–Crippen MR) is 123 cm³/mol. The minimum absolute atomic E-state index is 0.0107. The van der Waals surface area contributed by atoms with Gasteiger partial charge in [0.1, 0.15) is 12.4 Å². The summed E-state index contributed by atoms with van der Waals surface area (Å²) in [7, 11) is 0. The molecule has 4 heterocycles. The van der Waals surface area contributed by atoms with Gasteiger partial charge in [-0.2, -0.15) is 16.8 Å². The van der Waals surface area contributed by atoms with E-state index in [2.05, 4.69) is 54.4 Å². The maximum Gasteiger partial charge on any atom is 0.190 e. The first-order chi connectivity index (χ1) is 15.4. The molecule has 0 atom stereocenters. The van der Waals surface area contributed by atoms with E-state index in [4.69, 9.17) is 29.9 Å². The van der Waals surface area contributed by atoms with Crippen molar-refractivity contribution in [1.29, 1.82) is 0 Å². The number of aromatic nitrogens is 2. The Balaban J connectivity index is 1.47. The first-order valence-electron chi connectivity index (χ1n) is 11.1. The lowest BCUT2D eigenvalue weighted by Crippen LogP contribution is -2.61. The Hall–Kier alpha value is -1.91. The number of ether oxygens (including phenoxy) is 3. The van der Waals surface area contributed by atoms with Gasteiger partial charge in [0.2, 0.25) is 0 Å². The summed E-state index contributed by atoms with van der Waals surface area (Å²) in [5, 5.41) is 4.44. The van der Waals surface area contributed by atoms with Crippen LogP contribution in [0, 0.1) is 0 Å².